The van der Waals surface area contributed by atoms with Crippen molar-refractivity contribution < 1.29 is 4.74 Å². The van der Waals surface area contributed by atoms with Gasteiger partial charge in [-0.2, -0.15) is 0 Å². The van der Waals surface area contributed by atoms with E-state index < -0.39 is 0 Å². The predicted molar refractivity (Wildman–Crippen MR) is 66.3 cm³/mol. The lowest BCUT2D eigenvalue weighted by Crippen LogP contribution is -2.24. The first-order valence-corrected chi connectivity index (χ1v) is 5.66. The fourth-order valence-electron chi connectivity index (χ4n) is 1.59. The molecule has 0 aromatic carbocycles. The molecular weight excluding hydrogens is 204 g/mol. The minimum Gasteiger partial charge on any atom is -0.490 e. The molecule has 1 aromatic rings. The van der Waals surface area contributed by atoms with Gasteiger partial charge in [-0.05, 0) is 20.8 Å². The predicted octanol–water partition coefficient (Wildman–Crippen LogP) is 1.76. The Bertz CT molecular complexity index is 326. The molecule has 5 nitrogen and oxygen atoms in total. The van der Waals surface area contributed by atoms with Crippen LogP contribution in [0.4, 0.5) is 11.6 Å². The molecule has 0 bridgehead atoms. The number of ether oxygens (including phenoxy) is 1. The summed E-state index contributed by atoms with van der Waals surface area (Å²) in [6.07, 6.45) is 1.56. The zero-order valence-corrected chi connectivity index (χ0v) is 10.4. The maximum absolute atomic E-state index is 5.38. The van der Waals surface area contributed by atoms with E-state index in [-0.39, 0.29) is 0 Å². The Hall–Kier alpha value is -1.52. The molecule has 0 amide bonds. The van der Waals surface area contributed by atoms with Gasteiger partial charge in [-0.15, -0.1) is 0 Å². The van der Waals surface area contributed by atoms with Gasteiger partial charge >= 0.3 is 0 Å². The van der Waals surface area contributed by atoms with Gasteiger partial charge in [-0.3, -0.25) is 0 Å². The summed E-state index contributed by atoms with van der Waals surface area (Å²) in [5.41, 5.74) is 0. The van der Waals surface area contributed by atoms with Crippen molar-refractivity contribution in [3.05, 3.63) is 6.33 Å². The van der Waals surface area contributed by atoms with Crippen molar-refractivity contribution in [2.45, 2.75) is 20.8 Å². The van der Waals surface area contributed by atoms with Crippen LogP contribution in [0, 0.1) is 0 Å². The molecule has 0 saturated heterocycles. The third kappa shape index (κ3) is 2.53. The van der Waals surface area contributed by atoms with Gasteiger partial charge in [-0.1, -0.05) is 0 Å². The molecule has 1 rings (SSSR count). The molecule has 1 aromatic heterocycles. The molecule has 1 heterocycles. The van der Waals surface area contributed by atoms with E-state index in [1.54, 1.807) is 13.4 Å². The monoisotopic (exact) mass is 224 g/mol. The molecule has 90 valence electrons. The normalized spacial score (nSPS) is 10.0. The van der Waals surface area contributed by atoms with E-state index >= 15 is 0 Å². The first kappa shape index (κ1) is 12.5. The number of rotatable bonds is 6. The van der Waals surface area contributed by atoms with Gasteiger partial charge in [-0.25, -0.2) is 9.97 Å². The van der Waals surface area contributed by atoms with E-state index in [4.69, 9.17) is 4.74 Å². The summed E-state index contributed by atoms with van der Waals surface area (Å²) in [6.45, 7) is 8.82. The van der Waals surface area contributed by atoms with E-state index in [1.807, 2.05) is 6.92 Å². The van der Waals surface area contributed by atoms with Crippen LogP contribution in [0.1, 0.15) is 20.8 Å². The second kappa shape index (κ2) is 6.15. The van der Waals surface area contributed by atoms with Crippen LogP contribution in [0.2, 0.25) is 0 Å². The summed E-state index contributed by atoms with van der Waals surface area (Å²) in [7, 11) is 1.65. The second-order valence-electron chi connectivity index (χ2n) is 3.28. The molecule has 5 heteroatoms. The number of anilines is 2. The standard InChI is InChI=1S/C11H20N4O/c1-5-12-10-9(16-4)11(14-8-13-10)15(6-2)7-3/h8H,5-7H2,1-4H3,(H,12,13,14). The summed E-state index contributed by atoms with van der Waals surface area (Å²) in [6, 6.07) is 0. The van der Waals surface area contributed by atoms with Crippen LogP contribution < -0.4 is 15.0 Å². The van der Waals surface area contributed by atoms with Crippen LogP contribution in [-0.4, -0.2) is 36.7 Å². The maximum atomic E-state index is 5.38. The molecule has 0 spiro atoms. The highest BCUT2D eigenvalue weighted by atomic mass is 16.5. The topological polar surface area (TPSA) is 50.3 Å². The van der Waals surface area contributed by atoms with E-state index in [2.05, 4.69) is 34.0 Å². The molecule has 16 heavy (non-hydrogen) atoms. The summed E-state index contributed by atoms with van der Waals surface area (Å²) < 4.78 is 5.38. The van der Waals surface area contributed by atoms with Crippen LogP contribution in [0.25, 0.3) is 0 Å². The van der Waals surface area contributed by atoms with Crippen LogP contribution in [-0.2, 0) is 0 Å². The second-order valence-corrected chi connectivity index (χ2v) is 3.28. The molecule has 0 atom stereocenters. The van der Waals surface area contributed by atoms with Crippen molar-refractivity contribution in [3.8, 4) is 5.75 Å². The van der Waals surface area contributed by atoms with E-state index in [0.29, 0.717) is 5.75 Å². The van der Waals surface area contributed by atoms with Crippen LogP contribution >= 0.6 is 0 Å². The lowest BCUT2D eigenvalue weighted by atomic mass is 10.4. The van der Waals surface area contributed by atoms with Gasteiger partial charge in [0.1, 0.15) is 6.33 Å². The van der Waals surface area contributed by atoms with Crippen molar-refractivity contribution in [3.63, 3.8) is 0 Å². The smallest absolute Gasteiger partial charge is 0.204 e. The molecule has 0 saturated carbocycles. The molecule has 0 fully saturated rings. The van der Waals surface area contributed by atoms with E-state index in [1.165, 1.54) is 0 Å². The van der Waals surface area contributed by atoms with Crippen molar-refractivity contribution in [1.82, 2.24) is 9.97 Å². The highest BCUT2D eigenvalue weighted by molar-refractivity contribution is 5.64. The van der Waals surface area contributed by atoms with Crippen molar-refractivity contribution in [2.75, 3.05) is 37.0 Å². The van der Waals surface area contributed by atoms with Crippen LogP contribution in [0.3, 0.4) is 0 Å². The number of methoxy groups -OCH3 is 1. The summed E-state index contributed by atoms with van der Waals surface area (Å²) >= 11 is 0. The summed E-state index contributed by atoms with van der Waals surface area (Å²) in [5.74, 6) is 2.31. The average Bonchev–Trinajstić information content (AvgIpc) is 2.31. The van der Waals surface area contributed by atoms with E-state index in [9.17, 15) is 0 Å². The molecular formula is C11H20N4O. The number of hydrogen-bond acceptors (Lipinski definition) is 5. The number of nitrogens with one attached hydrogen (secondary N) is 1. The number of nitrogens with zero attached hydrogens (tertiary/aromatic N) is 3. The van der Waals surface area contributed by atoms with Gasteiger partial charge in [0.2, 0.25) is 5.75 Å². The minimum absolute atomic E-state index is 0.716. The Morgan fingerprint density at radius 3 is 2.44 bits per heavy atom. The van der Waals surface area contributed by atoms with E-state index in [0.717, 1.165) is 31.3 Å². The van der Waals surface area contributed by atoms with Crippen molar-refractivity contribution in [2.24, 2.45) is 0 Å². The fourth-order valence-corrected chi connectivity index (χ4v) is 1.59. The van der Waals surface area contributed by atoms with Crippen molar-refractivity contribution >= 4 is 11.6 Å². The first-order chi connectivity index (χ1) is 7.78. The zero-order valence-electron chi connectivity index (χ0n) is 10.4. The maximum Gasteiger partial charge on any atom is 0.204 e. The highest BCUT2D eigenvalue weighted by Crippen LogP contribution is 2.31. The minimum atomic E-state index is 0.716. The molecule has 1 N–H and O–H groups in total. The Kier molecular flexibility index (Phi) is 4.82. The lowest BCUT2D eigenvalue weighted by Gasteiger charge is -2.22. The SMILES string of the molecule is CCNc1ncnc(N(CC)CC)c1OC. The van der Waals surface area contributed by atoms with Gasteiger partial charge in [0.05, 0.1) is 7.11 Å². The third-order valence-corrected chi connectivity index (χ3v) is 2.40. The zero-order chi connectivity index (χ0) is 12.0. The average molecular weight is 224 g/mol. The summed E-state index contributed by atoms with van der Waals surface area (Å²) in [4.78, 5) is 10.6. The van der Waals surface area contributed by atoms with Crippen LogP contribution in [0.5, 0.6) is 5.75 Å². The molecule has 0 radical (unpaired) electrons. The Balaban J connectivity index is 3.11. The molecule has 0 aliphatic heterocycles. The Labute approximate surface area is 96.8 Å². The highest BCUT2D eigenvalue weighted by Gasteiger charge is 2.15. The fraction of sp³-hybridized carbons (Fsp3) is 0.636. The number of aromatic nitrogens is 2. The van der Waals surface area contributed by atoms with Gasteiger partial charge in [0.15, 0.2) is 11.6 Å². The Morgan fingerprint density at radius 1 is 1.25 bits per heavy atom. The van der Waals surface area contributed by atoms with Crippen molar-refractivity contribution in [1.29, 1.82) is 0 Å². The number of hydrogen-bond donors (Lipinski definition) is 1. The quantitative estimate of drug-likeness (QED) is 0.798. The molecule has 0 unspecified atom stereocenters. The summed E-state index contributed by atoms with van der Waals surface area (Å²) in [5, 5.41) is 3.17. The third-order valence-electron chi connectivity index (χ3n) is 2.40. The lowest BCUT2D eigenvalue weighted by molar-refractivity contribution is 0.412. The molecule has 0 aliphatic carbocycles. The van der Waals surface area contributed by atoms with Gasteiger partial charge in [0, 0.05) is 19.6 Å². The molecule has 0 aliphatic rings. The Morgan fingerprint density at radius 2 is 1.94 bits per heavy atom. The largest absolute Gasteiger partial charge is 0.490 e. The van der Waals surface area contributed by atoms with Crippen LogP contribution in [0.15, 0.2) is 6.33 Å². The van der Waals surface area contributed by atoms with Gasteiger partial charge in [0.25, 0.3) is 0 Å². The first-order valence-electron chi connectivity index (χ1n) is 5.66. The van der Waals surface area contributed by atoms with Gasteiger partial charge < -0.3 is 15.0 Å².